The van der Waals surface area contributed by atoms with Crippen LogP contribution in [0.4, 0.5) is 13.2 Å². The van der Waals surface area contributed by atoms with Crippen molar-refractivity contribution in [2.75, 3.05) is 0 Å². The molecule has 0 saturated heterocycles. The molecule has 0 radical (unpaired) electrons. The van der Waals surface area contributed by atoms with Crippen LogP contribution in [0, 0.1) is 12.1 Å². The highest BCUT2D eigenvalue weighted by Gasteiger charge is 2.34. The van der Waals surface area contributed by atoms with E-state index in [1.807, 2.05) is 0 Å². The average Bonchev–Trinajstić information content (AvgIpc) is 2.47. The molecule has 7 heteroatoms. The molecule has 112 valence electrons. The van der Waals surface area contributed by atoms with Crippen LogP contribution >= 0.6 is 0 Å². The van der Waals surface area contributed by atoms with E-state index >= 15 is 0 Å². The third kappa shape index (κ3) is 2.34. The van der Waals surface area contributed by atoms with Crippen molar-refractivity contribution < 1.29 is 17.9 Å². The first kappa shape index (κ1) is 14.2. The Bertz CT molecular complexity index is 795. The molecule has 0 spiro atoms. The minimum Gasteiger partial charge on any atom is -0.740 e. The summed E-state index contributed by atoms with van der Waals surface area (Å²) in [5, 5.41) is 12.0. The number of aliphatic imine (C=N–C) groups is 1. The minimum absolute atomic E-state index is 0.0376. The lowest BCUT2D eigenvalue weighted by Gasteiger charge is -2.22. The van der Waals surface area contributed by atoms with E-state index in [0.29, 0.717) is 10.3 Å². The highest BCUT2D eigenvalue weighted by atomic mass is 19.4. The van der Waals surface area contributed by atoms with Gasteiger partial charge in [0.2, 0.25) is 0 Å². The molecule has 22 heavy (non-hydrogen) atoms. The van der Waals surface area contributed by atoms with Crippen LogP contribution in [0.5, 0.6) is 0 Å². The maximum absolute atomic E-state index is 12.9. The zero-order chi connectivity index (χ0) is 15.9. The van der Waals surface area contributed by atoms with E-state index in [9.17, 15) is 18.4 Å². The Morgan fingerprint density at radius 3 is 2.50 bits per heavy atom. The Labute approximate surface area is 123 Å². The first-order valence-electron chi connectivity index (χ1n) is 6.39. The number of rotatable bonds is 2. The Balaban J connectivity index is 1.95. The number of hydrogen-bond acceptors (Lipinski definition) is 3. The molecule has 1 aromatic heterocycles. The summed E-state index contributed by atoms with van der Waals surface area (Å²) in [6, 6.07) is 7.03. The molecule has 1 aliphatic rings. The molecule has 0 fully saturated rings. The van der Waals surface area contributed by atoms with Gasteiger partial charge in [0.1, 0.15) is 0 Å². The summed E-state index contributed by atoms with van der Waals surface area (Å²) in [6.07, 6.45) is -1.44. The Kier molecular flexibility index (Phi) is 3.20. The number of amidine groups is 2. The second-order valence-electron chi connectivity index (χ2n) is 4.82. The predicted octanol–water partition coefficient (Wildman–Crippen LogP) is 3.13. The average molecular weight is 305 g/mol. The lowest BCUT2D eigenvalue weighted by atomic mass is 10.0. The summed E-state index contributed by atoms with van der Waals surface area (Å²) in [6.45, 7) is 1.37. The van der Waals surface area contributed by atoms with Crippen molar-refractivity contribution in [3.05, 3.63) is 70.2 Å². The van der Waals surface area contributed by atoms with Crippen LogP contribution in [0.15, 0.2) is 47.7 Å². The monoisotopic (exact) mass is 305 g/mol. The van der Waals surface area contributed by atoms with Crippen molar-refractivity contribution in [2.45, 2.75) is 13.1 Å². The third-order valence-electron chi connectivity index (χ3n) is 3.32. The van der Waals surface area contributed by atoms with Gasteiger partial charge in [-0.3, -0.25) is 4.98 Å². The number of aromatic nitrogens is 1. The molecule has 0 N–H and O–H groups in total. The Hall–Kier alpha value is -2.70. The van der Waals surface area contributed by atoms with E-state index in [-0.39, 0.29) is 22.8 Å². The van der Waals surface area contributed by atoms with Crippen molar-refractivity contribution in [2.24, 2.45) is 4.99 Å². The molecule has 1 aliphatic heterocycles. The normalized spacial score (nSPS) is 14.6. The van der Waals surface area contributed by atoms with Gasteiger partial charge in [-0.15, -0.1) is 0 Å². The molecule has 4 nitrogen and oxygen atoms in total. The van der Waals surface area contributed by atoms with E-state index in [2.05, 4.69) is 9.98 Å². The van der Waals surface area contributed by atoms with Crippen molar-refractivity contribution >= 4 is 11.7 Å². The van der Waals surface area contributed by atoms with Crippen molar-refractivity contribution in [3.8, 4) is 0 Å². The number of nitrogens with zero attached hydrogens (tertiary/aromatic N) is 3. The summed E-state index contributed by atoms with van der Waals surface area (Å²) in [4.78, 5) is 7.91. The number of benzene rings is 1. The summed E-state index contributed by atoms with van der Waals surface area (Å²) in [5.74, 6) is 0.0987. The third-order valence-corrected chi connectivity index (χ3v) is 3.32. The second kappa shape index (κ2) is 4.94. The van der Waals surface area contributed by atoms with Crippen LogP contribution in [-0.4, -0.2) is 21.4 Å². The van der Waals surface area contributed by atoms with Crippen LogP contribution < -0.4 is 0 Å². The molecule has 0 atom stereocenters. The number of hydrogen-bond donors (Lipinski definition) is 0. The zero-order valence-corrected chi connectivity index (χ0v) is 11.4. The highest BCUT2D eigenvalue weighted by molar-refractivity contribution is 6.15. The Morgan fingerprint density at radius 1 is 1.14 bits per heavy atom. The van der Waals surface area contributed by atoms with Gasteiger partial charge in [0.15, 0.2) is 0 Å². The maximum atomic E-state index is 12.9. The standard InChI is InChI=1S/C15H10F3N3O/c1-9-4-5-10(7-12(9)15(16,17)18)13-20-14(21(13)22)11-3-2-6-19-8-11/h2-8H,1H3. The summed E-state index contributed by atoms with van der Waals surface area (Å²) < 4.78 is 39.2. The molecular weight excluding hydrogens is 295 g/mol. The number of alkyl halides is 3. The molecular formula is C15H10F3N3O. The quantitative estimate of drug-likeness (QED) is 0.632. The Morgan fingerprint density at radius 2 is 1.91 bits per heavy atom. The summed E-state index contributed by atoms with van der Waals surface area (Å²) >= 11 is 0. The van der Waals surface area contributed by atoms with Crippen LogP contribution in [0.3, 0.4) is 0 Å². The molecule has 2 aromatic rings. The van der Waals surface area contributed by atoms with Crippen molar-refractivity contribution in [1.82, 2.24) is 4.98 Å². The minimum atomic E-state index is -4.46. The SMILES string of the molecule is Cc1ccc(C2=NC(c3cccnc3)=[N+]2[O-])cc1C(F)(F)F. The van der Waals surface area contributed by atoms with Crippen LogP contribution in [0.1, 0.15) is 22.3 Å². The number of aryl methyl sites for hydroxylation is 1. The van der Waals surface area contributed by atoms with Gasteiger partial charge in [0.05, 0.1) is 16.7 Å². The first-order chi connectivity index (χ1) is 10.4. The van der Waals surface area contributed by atoms with Crippen molar-refractivity contribution in [1.29, 1.82) is 0 Å². The smallest absolute Gasteiger partial charge is 0.416 e. The van der Waals surface area contributed by atoms with Gasteiger partial charge in [-0.25, -0.2) is 4.74 Å². The van der Waals surface area contributed by atoms with Crippen molar-refractivity contribution in [3.63, 3.8) is 0 Å². The van der Waals surface area contributed by atoms with Gasteiger partial charge in [-0.1, -0.05) is 11.1 Å². The molecule has 1 aromatic carbocycles. The number of halogens is 3. The van der Waals surface area contributed by atoms with Crippen LogP contribution in [0.25, 0.3) is 0 Å². The van der Waals surface area contributed by atoms with Crippen LogP contribution in [-0.2, 0) is 6.18 Å². The van der Waals surface area contributed by atoms with Gasteiger partial charge in [0, 0.05) is 12.4 Å². The van der Waals surface area contributed by atoms with E-state index in [1.165, 1.54) is 25.3 Å². The number of pyridine rings is 1. The maximum Gasteiger partial charge on any atom is 0.416 e. The van der Waals surface area contributed by atoms with E-state index < -0.39 is 11.7 Å². The lowest BCUT2D eigenvalue weighted by Crippen LogP contribution is -2.33. The topological polar surface area (TPSA) is 51.3 Å². The molecule has 0 saturated carbocycles. The summed E-state index contributed by atoms with van der Waals surface area (Å²) in [7, 11) is 0. The fraction of sp³-hybridized carbons (Fsp3) is 0.133. The van der Waals surface area contributed by atoms with Gasteiger partial charge < -0.3 is 5.21 Å². The zero-order valence-electron chi connectivity index (χ0n) is 11.4. The largest absolute Gasteiger partial charge is 0.740 e. The molecule has 0 amide bonds. The molecule has 0 unspecified atom stereocenters. The van der Waals surface area contributed by atoms with Gasteiger partial charge >= 0.3 is 6.18 Å². The van der Waals surface area contributed by atoms with Gasteiger partial charge in [-0.05, 0) is 36.8 Å². The van der Waals surface area contributed by atoms with E-state index in [4.69, 9.17) is 0 Å². The van der Waals surface area contributed by atoms with E-state index in [0.717, 1.165) is 6.07 Å². The molecule has 0 bridgehead atoms. The summed E-state index contributed by atoms with van der Waals surface area (Å²) in [5.41, 5.74) is -0.00835. The van der Waals surface area contributed by atoms with Crippen LogP contribution in [0.2, 0.25) is 0 Å². The molecule has 3 rings (SSSR count). The van der Waals surface area contributed by atoms with Gasteiger partial charge in [0.25, 0.3) is 11.7 Å². The molecule has 2 heterocycles. The van der Waals surface area contributed by atoms with Gasteiger partial charge in [-0.2, -0.15) is 13.2 Å². The van der Waals surface area contributed by atoms with E-state index in [1.54, 1.807) is 18.3 Å². The fourth-order valence-electron chi connectivity index (χ4n) is 2.17. The highest BCUT2D eigenvalue weighted by Crippen LogP contribution is 2.32. The first-order valence-corrected chi connectivity index (χ1v) is 6.39. The fourth-order valence-corrected chi connectivity index (χ4v) is 2.17. The second-order valence-corrected chi connectivity index (χ2v) is 4.82. The predicted molar refractivity (Wildman–Crippen MR) is 74.7 cm³/mol. The lowest BCUT2D eigenvalue weighted by molar-refractivity contribution is -0.337. The number of hydroxylamine groups is 1. The molecule has 0 aliphatic carbocycles.